The van der Waals surface area contributed by atoms with Crippen molar-refractivity contribution in [2.45, 2.75) is 6.92 Å². The summed E-state index contributed by atoms with van der Waals surface area (Å²) in [6.45, 7) is 1.94. The topological polar surface area (TPSA) is 141 Å². The highest BCUT2D eigenvalue weighted by molar-refractivity contribution is 6.10. The summed E-state index contributed by atoms with van der Waals surface area (Å²) < 4.78 is 9.97. The molecule has 0 bridgehead atoms. The fraction of sp³-hybridized carbons (Fsp3) is 0.0870. The lowest BCUT2D eigenvalue weighted by molar-refractivity contribution is -0.384. The molecule has 3 rings (SSSR count). The van der Waals surface area contributed by atoms with Gasteiger partial charge in [0.25, 0.3) is 17.5 Å². The van der Waals surface area contributed by atoms with Gasteiger partial charge in [0.1, 0.15) is 5.70 Å². The van der Waals surface area contributed by atoms with Crippen LogP contribution in [0.2, 0.25) is 0 Å². The lowest BCUT2D eigenvalue weighted by Gasteiger charge is -2.11. The highest BCUT2D eigenvalue weighted by Crippen LogP contribution is 2.16. The van der Waals surface area contributed by atoms with Gasteiger partial charge in [0.15, 0.2) is 5.76 Å². The number of nitrogens with zero attached hydrogens (tertiary/aromatic N) is 1. The molecule has 1 aromatic heterocycles. The average molecular weight is 449 g/mol. The molecule has 0 aliphatic heterocycles. The molecule has 1 heterocycles. The van der Waals surface area contributed by atoms with Crippen molar-refractivity contribution in [1.29, 1.82) is 0 Å². The summed E-state index contributed by atoms with van der Waals surface area (Å²) in [6.07, 6.45) is 2.69. The number of non-ortho nitro benzene ring substituents is 1. The first-order valence-corrected chi connectivity index (χ1v) is 9.77. The SMILES string of the molecule is CCOC(=O)c1ccc(NC(=O)/C(=C/c2ccc([N+](=O)[O-])cc2)NC(=O)c2ccco2)cc1. The van der Waals surface area contributed by atoms with Gasteiger partial charge in [0.05, 0.1) is 23.4 Å². The maximum Gasteiger partial charge on any atom is 0.338 e. The van der Waals surface area contributed by atoms with Crippen LogP contribution in [-0.2, 0) is 9.53 Å². The van der Waals surface area contributed by atoms with Crippen molar-refractivity contribution in [1.82, 2.24) is 5.32 Å². The lowest BCUT2D eigenvalue weighted by Crippen LogP contribution is -2.30. The van der Waals surface area contributed by atoms with Crippen LogP contribution in [-0.4, -0.2) is 29.3 Å². The third-order valence-electron chi connectivity index (χ3n) is 4.31. The summed E-state index contributed by atoms with van der Waals surface area (Å²) in [7, 11) is 0. The number of hydrogen-bond donors (Lipinski definition) is 2. The Kier molecular flexibility index (Phi) is 7.32. The molecule has 3 aromatic rings. The number of ether oxygens (including phenoxy) is 1. The number of carbonyl (C=O) groups excluding carboxylic acids is 3. The molecule has 0 saturated heterocycles. The third kappa shape index (κ3) is 6.14. The smallest absolute Gasteiger partial charge is 0.338 e. The van der Waals surface area contributed by atoms with Crippen molar-refractivity contribution in [3.05, 3.63) is 99.6 Å². The molecule has 0 unspecified atom stereocenters. The minimum Gasteiger partial charge on any atom is -0.462 e. The van der Waals surface area contributed by atoms with E-state index < -0.39 is 22.7 Å². The third-order valence-corrected chi connectivity index (χ3v) is 4.31. The Hall–Kier alpha value is -4.73. The number of rotatable bonds is 8. The lowest BCUT2D eigenvalue weighted by atomic mass is 10.1. The number of esters is 1. The number of amides is 2. The van der Waals surface area contributed by atoms with Crippen LogP contribution in [0.15, 0.2) is 77.0 Å². The maximum absolute atomic E-state index is 12.9. The van der Waals surface area contributed by atoms with Gasteiger partial charge in [-0.15, -0.1) is 0 Å². The quantitative estimate of drug-likeness (QED) is 0.231. The Bertz CT molecular complexity index is 1180. The maximum atomic E-state index is 12.9. The molecule has 0 fully saturated rings. The van der Waals surface area contributed by atoms with Gasteiger partial charge in [-0.3, -0.25) is 19.7 Å². The number of benzene rings is 2. The van der Waals surface area contributed by atoms with E-state index in [0.29, 0.717) is 16.8 Å². The van der Waals surface area contributed by atoms with Crippen LogP contribution in [0.5, 0.6) is 0 Å². The summed E-state index contributed by atoms with van der Waals surface area (Å²) >= 11 is 0. The summed E-state index contributed by atoms with van der Waals surface area (Å²) in [5.74, 6) is -1.80. The normalized spacial score (nSPS) is 10.9. The largest absolute Gasteiger partial charge is 0.462 e. The molecule has 168 valence electrons. The first-order chi connectivity index (χ1) is 15.9. The van der Waals surface area contributed by atoms with Gasteiger partial charge in [-0.2, -0.15) is 0 Å². The second-order valence-electron chi connectivity index (χ2n) is 6.59. The van der Waals surface area contributed by atoms with Crippen molar-refractivity contribution in [3.63, 3.8) is 0 Å². The van der Waals surface area contributed by atoms with Gasteiger partial charge >= 0.3 is 5.97 Å². The number of hydrogen-bond acceptors (Lipinski definition) is 7. The van der Waals surface area contributed by atoms with E-state index in [-0.39, 0.29) is 23.8 Å². The van der Waals surface area contributed by atoms with E-state index in [1.807, 2.05) is 0 Å². The molecule has 33 heavy (non-hydrogen) atoms. The van der Waals surface area contributed by atoms with E-state index in [4.69, 9.17) is 9.15 Å². The van der Waals surface area contributed by atoms with Gasteiger partial charge in [0, 0.05) is 17.8 Å². The average Bonchev–Trinajstić information content (AvgIpc) is 3.35. The van der Waals surface area contributed by atoms with Crippen LogP contribution in [0, 0.1) is 10.1 Å². The summed E-state index contributed by atoms with van der Waals surface area (Å²) in [5, 5.41) is 16.0. The molecular formula is C23H19N3O7. The monoisotopic (exact) mass is 449 g/mol. The van der Waals surface area contributed by atoms with Crippen LogP contribution in [0.4, 0.5) is 11.4 Å². The molecule has 2 aromatic carbocycles. The Morgan fingerprint density at radius 1 is 1.06 bits per heavy atom. The van der Waals surface area contributed by atoms with Crippen molar-refractivity contribution in [2.24, 2.45) is 0 Å². The molecule has 2 N–H and O–H groups in total. The molecule has 0 aliphatic carbocycles. The molecule has 0 aliphatic rings. The minimum absolute atomic E-state index is 0.00353. The zero-order valence-corrected chi connectivity index (χ0v) is 17.4. The first-order valence-electron chi connectivity index (χ1n) is 9.77. The van der Waals surface area contributed by atoms with Gasteiger partial charge in [-0.25, -0.2) is 4.79 Å². The zero-order chi connectivity index (χ0) is 23.8. The molecule has 2 amide bonds. The number of anilines is 1. The van der Waals surface area contributed by atoms with Crippen molar-refractivity contribution in [2.75, 3.05) is 11.9 Å². The number of furan rings is 1. The summed E-state index contributed by atoms with van der Waals surface area (Å²) in [5.41, 5.74) is 0.903. The first kappa shape index (κ1) is 22.9. The van der Waals surface area contributed by atoms with Gasteiger partial charge in [-0.05, 0) is 67.1 Å². The van der Waals surface area contributed by atoms with E-state index in [0.717, 1.165) is 0 Å². The molecule has 0 atom stereocenters. The number of carbonyl (C=O) groups is 3. The molecule has 0 radical (unpaired) electrons. The Balaban J connectivity index is 1.83. The zero-order valence-electron chi connectivity index (χ0n) is 17.4. The fourth-order valence-corrected chi connectivity index (χ4v) is 2.71. The van der Waals surface area contributed by atoms with E-state index in [1.165, 1.54) is 73.0 Å². The number of nitrogens with one attached hydrogen (secondary N) is 2. The van der Waals surface area contributed by atoms with Crippen LogP contribution < -0.4 is 10.6 Å². The predicted octanol–water partition coefficient (Wildman–Crippen LogP) is 3.77. The second-order valence-corrected chi connectivity index (χ2v) is 6.59. The second kappa shape index (κ2) is 10.5. The summed E-state index contributed by atoms with van der Waals surface area (Å²) in [6, 6.07) is 14.4. The van der Waals surface area contributed by atoms with Gasteiger partial charge < -0.3 is 19.8 Å². The van der Waals surface area contributed by atoms with Gasteiger partial charge in [-0.1, -0.05) is 0 Å². The predicted molar refractivity (Wildman–Crippen MR) is 118 cm³/mol. The van der Waals surface area contributed by atoms with Crippen LogP contribution in [0.1, 0.15) is 33.4 Å². The molecule has 10 heteroatoms. The molecule has 0 spiro atoms. The van der Waals surface area contributed by atoms with Crippen LogP contribution in [0.25, 0.3) is 6.08 Å². The Labute approximate surface area is 188 Å². The highest BCUT2D eigenvalue weighted by atomic mass is 16.6. The van der Waals surface area contributed by atoms with Crippen LogP contribution >= 0.6 is 0 Å². The van der Waals surface area contributed by atoms with E-state index in [1.54, 1.807) is 6.92 Å². The molecule has 0 saturated carbocycles. The standard InChI is InChI=1S/C23H19N3O7/c1-2-32-23(29)16-7-9-17(10-8-16)24-21(27)19(25-22(28)20-4-3-13-33-20)14-15-5-11-18(12-6-15)26(30)31/h3-14H,2H2,1H3,(H,24,27)(H,25,28)/b19-14-. The highest BCUT2D eigenvalue weighted by Gasteiger charge is 2.17. The number of nitro benzene ring substituents is 1. The minimum atomic E-state index is -0.655. The Morgan fingerprint density at radius 2 is 1.76 bits per heavy atom. The summed E-state index contributed by atoms with van der Waals surface area (Å²) in [4.78, 5) is 47.4. The fourth-order valence-electron chi connectivity index (χ4n) is 2.71. The molecular weight excluding hydrogens is 430 g/mol. The van der Waals surface area contributed by atoms with E-state index in [9.17, 15) is 24.5 Å². The van der Waals surface area contributed by atoms with Gasteiger partial charge in [0.2, 0.25) is 0 Å². The van der Waals surface area contributed by atoms with E-state index in [2.05, 4.69) is 10.6 Å². The van der Waals surface area contributed by atoms with Crippen molar-refractivity contribution in [3.8, 4) is 0 Å². The van der Waals surface area contributed by atoms with Crippen molar-refractivity contribution < 1.29 is 28.5 Å². The molecule has 10 nitrogen and oxygen atoms in total. The van der Waals surface area contributed by atoms with Crippen molar-refractivity contribution >= 4 is 35.2 Å². The van der Waals surface area contributed by atoms with E-state index >= 15 is 0 Å². The number of nitro groups is 1. The van der Waals surface area contributed by atoms with Crippen LogP contribution in [0.3, 0.4) is 0 Å². The Morgan fingerprint density at radius 3 is 2.33 bits per heavy atom.